The molecule has 0 unspecified atom stereocenters. The van der Waals surface area contributed by atoms with E-state index in [1.807, 2.05) is 36.2 Å². The lowest BCUT2D eigenvalue weighted by molar-refractivity contribution is 0.304. The highest BCUT2D eigenvalue weighted by Crippen LogP contribution is 2.28. The molecule has 1 heterocycles. The Labute approximate surface area is 94.3 Å². The van der Waals surface area contributed by atoms with E-state index in [0.29, 0.717) is 12.2 Å². The van der Waals surface area contributed by atoms with E-state index < -0.39 is 0 Å². The number of hydrogen-bond acceptors (Lipinski definition) is 4. The third-order valence-electron chi connectivity index (χ3n) is 2.62. The van der Waals surface area contributed by atoms with Crippen LogP contribution in [-0.2, 0) is 0 Å². The lowest BCUT2D eigenvalue weighted by Crippen LogP contribution is -2.21. The Morgan fingerprint density at radius 3 is 2.94 bits per heavy atom. The molecule has 1 aromatic carbocycles. The van der Waals surface area contributed by atoms with Crippen LogP contribution < -0.4 is 10.6 Å². The maximum absolute atomic E-state index is 8.94. The van der Waals surface area contributed by atoms with Gasteiger partial charge in [0.05, 0.1) is 17.8 Å². The SMILES string of the molecule is CN(CCO)c1ccc(N)c2ncccc12. The number of nitrogen functional groups attached to an aromatic ring is 1. The molecule has 2 rings (SSSR count). The number of fused-ring (bicyclic) bond motifs is 1. The van der Waals surface area contributed by atoms with Crippen molar-refractivity contribution < 1.29 is 5.11 Å². The smallest absolute Gasteiger partial charge is 0.0951 e. The first-order chi connectivity index (χ1) is 7.74. The molecule has 0 saturated heterocycles. The molecule has 1 aromatic heterocycles. The van der Waals surface area contributed by atoms with Crippen LogP contribution in [0.5, 0.6) is 0 Å². The number of likely N-dealkylation sites (N-methyl/N-ethyl adjacent to an activating group) is 1. The summed E-state index contributed by atoms with van der Waals surface area (Å²) in [6.07, 6.45) is 1.73. The third kappa shape index (κ3) is 1.79. The van der Waals surface area contributed by atoms with Gasteiger partial charge in [-0.15, -0.1) is 0 Å². The van der Waals surface area contributed by atoms with E-state index >= 15 is 0 Å². The molecule has 0 atom stereocenters. The summed E-state index contributed by atoms with van der Waals surface area (Å²) in [4.78, 5) is 6.26. The Bertz CT molecular complexity index is 499. The van der Waals surface area contributed by atoms with E-state index in [4.69, 9.17) is 10.8 Å². The molecule has 0 saturated carbocycles. The number of benzene rings is 1. The predicted octanol–water partition coefficient (Wildman–Crippen LogP) is 1.25. The van der Waals surface area contributed by atoms with E-state index in [1.165, 1.54) is 0 Å². The summed E-state index contributed by atoms with van der Waals surface area (Å²) in [5, 5.41) is 9.96. The summed E-state index contributed by atoms with van der Waals surface area (Å²) in [6, 6.07) is 7.67. The van der Waals surface area contributed by atoms with Gasteiger partial charge >= 0.3 is 0 Å². The molecule has 4 heteroatoms. The minimum atomic E-state index is 0.128. The van der Waals surface area contributed by atoms with Gasteiger partial charge in [0.2, 0.25) is 0 Å². The van der Waals surface area contributed by atoms with Crippen molar-refractivity contribution in [1.29, 1.82) is 0 Å². The van der Waals surface area contributed by atoms with Crippen molar-refractivity contribution in [3.8, 4) is 0 Å². The van der Waals surface area contributed by atoms with Crippen molar-refractivity contribution in [2.75, 3.05) is 30.8 Å². The van der Waals surface area contributed by atoms with E-state index in [0.717, 1.165) is 16.6 Å². The highest BCUT2D eigenvalue weighted by Gasteiger charge is 2.07. The summed E-state index contributed by atoms with van der Waals surface area (Å²) in [5.41, 5.74) is 8.39. The molecule has 0 spiro atoms. The van der Waals surface area contributed by atoms with Crippen LogP contribution >= 0.6 is 0 Å². The number of nitrogens with zero attached hydrogens (tertiary/aromatic N) is 2. The first-order valence-corrected chi connectivity index (χ1v) is 5.19. The van der Waals surface area contributed by atoms with Gasteiger partial charge in [-0.3, -0.25) is 4.98 Å². The van der Waals surface area contributed by atoms with Crippen LogP contribution in [0.25, 0.3) is 10.9 Å². The van der Waals surface area contributed by atoms with Crippen molar-refractivity contribution in [2.24, 2.45) is 0 Å². The summed E-state index contributed by atoms with van der Waals surface area (Å²) < 4.78 is 0. The van der Waals surface area contributed by atoms with Crippen LogP contribution in [0.4, 0.5) is 11.4 Å². The number of aromatic nitrogens is 1. The fraction of sp³-hybridized carbons (Fsp3) is 0.250. The van der Waals surface area contributed by atoms with Crippen LogP contribution in [0.15, 0.2) is 30.5 Å². The molecule has 0 aliphatic carbocycles. The molecule has 2 aromatic rings. The Morgan fingerprint density at radius 1 is 1.38 bits per heavy atom. The van der Waals surface area contributed by atoms with Gasteiger partial charge in [-0.2, -0.15) is 0 Å². The molecule has 16 heavy (non-hydrogen) atoms. The van der Waals surface area contributed by atoms with Crippen LogP contribution in [0.2, 0.25) is 0 Å². The van der Waals surface area contributed by atoms with Gasteiger partial charge in [0.1, 0.15) is 0 Å². The van der Waals surface area contributed by atoms with Crippen LogP contribution in [-0.4, -0.2) is 30.3 Å². The Hall–Kier alpha value is -1.81. The Morgan fingerprint density at radius 2 is 2.19 bits per heavy atom. The Kier molecular flexibility index (Phi) is 2.92. The number of hydrogen-bond donors (Lipinski definition) is 2. The zero-order valence-corrected chi connectivity index (χ0v) is 9.22. The van der Waals surface area contributed by atoms with Crippen molar-refractivity contribution in [3.63, 3.8) is 0 Å². The van der Waals surface area contributed by atoms with E-state index in [2.05, 4.69) is 4.98 Å². The van der Waals surface area contributed by atoms with Gasteiger partial charge < -0.3 is 15.7 Å². The molecule has 0 aliphatic heterocycles. The first-order valence-electron chi connectivity index (χ1n) is 5.19. The molecule has 0 radical (unpaired) electrons. The number of pyridine rings is 1. The van der Waals surface area contributed by atoms with Crippen molar-refractivity contribution in [1.82, 2.24) is 4.98 Å². The second-order valence-corrected chi connectivity index (χ2v) is 3.72. The summed E-state index contributed by atoms with van der Waals surface area (Å²) in [6.45, 7) is 0.719. The summed E-state index contributed by atoms with van der Waals surface area (Å²) >= 11 is 0. The maximum Gasteiger partial charge on any atom is 0.0951 e. The van der Waals surface area contributed by atoms with Gasteiger partial charge in [0.15, 0.2) is 0 Å². The van der Waals surface area contributed by atoms with E-state index in [9.17, 15) is 0 Å². The molecule has 0 aliphatic rings. The highest BCUT2D eigenvalue weighted by molar-refractivity contribution is 5.98. The van der Waals surface area contributed by atoms with Crippen molar-refractivity contribution in [2.45, 2.75) is 0 Å². The molecule has 3 N–H and O–H groups in total. The second kappa shape index (κ2) is 4.37. The average Bonchev–Trinajstić information content (AvgIpc) is 2.30. The fourth-order valence-electron chi connectivity index (χ4n) is 1.78. The number of nitrogens with two attached hydrogens (primary N) is 1. The monoisotopic (exact) mass is 217 g/mol. The zero-order valence-electron chi connectivity index (χ0n) is 9.22. The average molecular weight is 217 g/mol. The number of rotatable bonds is 3. The predicted molar refractivity (Wildman–Crippen MR) is 66.5 cm³/mol. The van der Waals surface area contributed by atoms with Gasteiger partial charge in [-0.1, -0.05) is 0 Å². The number of anilines is 2. The maximum atomic E-state index is 8.94. The minimum Gasteiger partial charge on any atom is -0.397 e. The molecular formula is C12H15N3O. The summed E-state index contributed by atoms with van der Waals surface area (Å²) in [7, 11) is 1.94. The molecular weight excluding hydrogens is 202 g/mol. The fourth-order valence-corrected chi connectivity index (χ4v) is 1.78. The zero-order chi connectivity index (χ0) is 11.5. The van der Waals surface area contributed by atoms with E-state index in [1.54, 1.807) is 6.20 Å². The van der Waals surface area contributed by atoms with Crippen molar-refractivity contribution >= 4 is 22.3 Å². The molecule has 84 valence electrons. The number of aliphatic hydroxyl groups is 1. The molecule has 4 nitrogen and oxygen atoms in total. The van der Waals surface area contributed by atoms with Gasteiger partial charge in [0, 0.05) is 30.9 Å². The van der Waals surface area contributed by atoms with Gasteiger partial charge in [-0.05, 0) is 24.3 Å². The minimum absolute atomic E-state index is 0.128. The molecule has 0 fully saturated rings. The van der Waals surface area contributed by atoms with Crippen LogP contribution in [0.1, 0.15) is 0 Å². The first kappa shape index (κ1) is 10.7. The molecule has 0 bridgehead atoms. The van der Waals surface area contributed by atoms with Gasteiger partial charge in [-0.25, -0.2) is 0 Å². The highest BCUT2D eigenvalue weighted by atomic mass is 16.3. The lowest BCUT2D eigenvalue weighted by atomic mass is 10.1. The topological polar surface area (TPSA) is 62.4 Å². The second-order valence-electron chi connectivity index (χ2n) is 3.72. The van der Waals surface area contributed by atoms with Gasteiger partial charge in [0.25, 0.3) is 0 Å². The quantitative estimate of drug-likeness (QED) is 0.759. The summed E-state index contributed by atoms with van der Waals surface area (Å²) in [5.74, 6) is 0. The van der Waals surface area contributed by atoms with Crippen molar-refractivity contribution in [3.05, 3.63) is 30.5 Å². The van der Waals surface area contributed by atoms with Crippen LogP contribution in [0, 0.1) is 0 Å². The lowest BCUT2D eigenvalue weighted by Gasteiger charge is -2.20. The third-order valence-corrected chi connectivity index (χ3v) is 2.62. The molecule has 0 amide bonds. The number of aliphatic hydroxyl groups excluding tert-OH is 1. The normalized spacial score (nSPS) is 10.6. The Balaban J connectivity index is 2.58. The van der Waals surface area contributed by atoms with Crippen LogP contribution in [0.3, 0.4) is 0 Å². The van der Waals surface area contributed by atoms with E-state index in [-0.39, 0.29) is 6.61 Å². The largest absolute Gasteiger partial charge is 0.397 e. The standard InChI is InChI=1S/C12H15N3O/c1-15(7-8-16)11-5-4-10(13)12-9(11)3-2-6-14-12/h2-6,16H,7-8,13H2,1H3.